The van der Waals surface area contributed by atoms with Gasteiger partial charge in [0.25, 0.3) is 0 Å². The second-order valence-electron chi connectivity index (χ2n) is 4.11. The summed E-state index contributed by atoms with van der Waals surface area (Å²) in [6, 6.07) is 8.79. The molecule has 1 aromatic rings. The van der Waals surface area contributed by atoms with Gasteiger partial charge < -0.3 is 14.8 Å². The molecular formula is C13H19NO2. The quantitative estimate of drug-likeness (QED) is 0.796. The van der Waals surface area contributed by atoms with Crippen molar-refractivity contribution in [3.05, 3.63) is 29.8 Å². The zero-order chi connectivity index (χ0) is 11.2. The molecule has 0 atom stereocenters. The van der Waals surface area contributed by atoms with E-state index in [0.29, 0.717) is 6.04 Å². The summed E-state index contributed by atoms with van der Waals surface area (Å²) in [5.74, 6) is 0.964. The molecule has 0 radical (unpaired) electrons. The van der Waals surface area contributed by atoms with Gasteiger partial charge in [0.05, 0.1) is 25.9 Å². The minimum atomic E-state index is 0.528. The third-order valence-corrected chi connectivity index (χ3v) is 2.60. The SMILES string of the molecule is CCCOc1cccc(CNC2COC2)c1. The van der Waals surface area contributed by atoms with Gasteiger partial charge in [-0.1, -0.05) is 19.1 Å². The Balaban J connectivity index is 1.82. The van der Waals surface area contributed by atoms with Crippen molar-refractivity contribution < 1.29 is 9.47 Å². The summed E-state index contributed by atoms with van der Waals surface area (Å²) in [4.78, 5) is 0. The van der Waals surface area contributed by atoms with Gasteiger partial charge in [-0.25, -0.2) is 0 Å². The molecule has 1 saturated heterocycles. The highest BCUT2D eigenvalue weighted by Gasteiger charge is 2.16. The van der Waals surface area contributed by atoms with E-state index in [2.05, 4.69) is 24.4 Å². The molecule has 3 nitrogen and oxygen atoms in total. The van der Waals surface area contributed by atoms with Crippen LogP contribution < -0.4 is 10.1 Å². The van der Waals surface area contributed by atoms with Crippen LogP contribution in [0.5, 0.6) is 5.75 Å². The van der Waals surface area contributed by atoms with E-state index < -0.39 is 0 Å². The average Bonchev–Trinajstić information content (AvgIpc) is 2.25. The van der Waals surface area contributed by atoms with Crippen molar-refractivity contribution in [3.63, 3.8) is 0 Å². The molecule has 88 valence electrons. The van der Waals surface area contributed by atoms with Crippen molar-refractivity contribution in [2.45, 2.75) is 25.9 Å². The highest BCUT2D eigenvalue weighted by atomic mass is 16.5. The molecule has 1 aromatic carbocycles. The number of hydrogen-bond acceptors (Lipinski definition) is 3. The first-order valence-corrected chi connectivity index (χ1v) is 5.91. The van der Waals surface area contributed by atoms with Crippen LogP contribution in [0.2, 0.25) is 0 Å². The molecular weight excluding hydrogens is 202 g/mol. The third kappa shape index (κ3) is 3.22. The summed E-state index contributed by atoms with van der Waals surface area (Å²) in [5.41, 5.74) is 1.26. The van der Waals surface area contributed by atoms with E-state index in [-0.39, 0.29) is 0 Å². The second-order valence-corrected chi connectivity index (χ2v) is 4.11. The summed E-state index contributed by atoms with van der Waals surface area (Å²) in [5, 5.41) is 3.44. The Morgan fingerprint density at radius 1 is 1.44 bits per heavy atom. The zero-order valence-corrected chi connectivity index (χ0v) is 9.74. The fraction of sp³-hybridized carbons (Fsp3) is 0.538. The van der Waals surface area contributed by atoms with Crippen molar-refractivity contribution >= 4 is 0 Å². The van der Waals surface area contributed by atoms with Crippen LogP contribution in [-0.2, 0) is 11.3 Å². The highest BCUT2D eigenvalue weighted by molar-refractivity contribution is 5.28. The number of rotatable bonds is 6. The van der Waals surface area contributed by atoms with Crippen LogP contribution >= 0.6 is 0 Å². The minimum Gasteiger partial charge on any atom is -0.494 e. The van der Waals surface area contributed by atoms with E-state index in [4.69, 9.17) is 9.47 Å². The van der Waals surface area contributed by atoms with Crippen LogP contribution in [0.25, 0.3) is 0 Å². The fourth-order valence-electron chi connectivity index (χ4n) is 1.58. The summed E-state index contributed by atoms with van der Waals surface area (Å²) in [7, 11) is 0. The van der Waals surface area contributed by atoms with Crippen LogP contribution in [-0.4, -0.2) is 25.9 Å². The molecule has 3 heteroatoms. The van der Waals surface area contributed by atoms with Gasteiger partial charge in [-0.05, 0) is 24.1 Å². The molecule has 1 heterocycles. The molecule has 16 heavy (non-hydrogen) atoms. The van der Waals surface area contributed by atoms with E-state index in [1.165, 1.54) is 5.56 Å². The Hall–Kier alpha value is -1.06. The third-order valence-electron chi connectivity index (χ3n) is 2.60. The normalized spacial score (nSPS) is 15.8. The molecule has 2 rings (SSSR count). The van der Waals surface area contributed by atoms with Crippen molar-refractivity contribution in [2.75, 3.05) is 19.8 Å². The molecule has 0 amide bonds. The van der Waals surface area contributed by atoms with Gasteiger partial charge in [-0.15, -0.1) is 0 Å². The maximum Gasteiger partial charge on any atom is 0.119 e. The fourth-order valence-corrected chi connectivity index (χ4v) is 1.58. The summed E-state index contributed by atoms with van der Waals surface area (Å²) >= 11 is 0. The lowest BCUT2D eigenvalue weighted by Gasteiger charge is -2.27. The van der Waals surface area contributed by atoms with Crippen molar-refractivity contribution in [3.8, 4) is 5.75 Å². The van der Waals surface area contributed by atoms with Gasteiger partial charge in [-0.2, -0.15) is 0 Å². The van der Waals surface area contributed by atoms with E-state index in [1.54, 1.807) is 0 Å². The molecule has 0 aliphatic carbocycles. The molecule has 0 saturated carbocycles. The summed E-state index contributed by atoms with van der Waals surface area (Å²) in [6.45, 7) is 5.46. The Bertz CT molecular complexity index is 323. The second kappa shape index (κ2) is 5.87. The van der Waals surface area contributed by atoms with Gasteiger partial charge >= 0.3 is 0 Å². The molecule has 0 bridgehead atoms. The highest BCUT2D eigenvalue weighted by Crippen LogP contribution is 2.14. The van der Waals surface area contributed by atoms with Gasteiger partial charge in [0.15, 0.2) is 0 Å². The molecule has 0 spiro atoms. The van der Waals surface area contributed by atoms with Gasteiger partial charge in [0.2, 0.25) is 0 Å². The summed E-state index contributed by atoms with van der Waals surface area (Å²) < 4.78 is 10.7. The predicted octanol–water partition coefficient (Wildman–Crippen LogP) is 1.96. The van der Waals surface area contributed by atoms with Crippen molar-refractivity contribution in [1.29, 1.82) is 0 Å². The summed E-state index contributed by atoms with van der Waals surface area (Å²) in [6.07, 6.45) is 1.04. The first-order valence-electron chi connectivity index (χ1n) is 5.91. The molecule has 0 unspecified atom stereocenters. The maximum atomic E-state index is 5.59. The molecule has 1 aliphatic rings. The van der Waals surface area contributed by atoms with Gasteiger partial charge in [0, 0.05) is 6.54 Å². The van der Waals surface area contributed by atoms with Crippen LogP contribution in [0, 0.1) is 0 Å². The Kier molecular flexibility index (Phi) is 4.19. The lowest BCUT2D eigenvalue weighted by atomic mass is 10.2. The number of hydrogen-bond donors (Lipinski definition) is 1. The molecule has 1 N–H and O–H groups in total. The zero-order valence-electron chi connectivity index (χ0n) is 9.74. The Morgan fingerprint density at radius 3 is 3.00 bits per heavy atom. The van der Waals surface area contributed by atoms with Gasteiger partial charge in [-0.3, -0.25) is 0 Å². The van der Waals surface area contributed by atoms with E-state index in [9.17, 15) is 0 Å². The minimum absolute atomic E-state index is 0.528. The molecule has 1 fully saturated rings. The van der Waals surface area contributed by atoms with Crippen LogP contribution in [0.1, 0.15) is 18.9 Å². The largest absolute Gasteiger partial charge is 0.494 e. The molecule has 1 aliphatic heterocycles. The lowest BCUT2D eigenvalue weighted by Crippen LogP contribution is -2.45. The molecule has 0 aromatic heterocycles. The monoisotopic (exact) mass is 221 g/mol. The smallest absolute Gasteiger partial charge is 0.119 e. The predicted molar refractivity (Wildman–Crippen MR) is 63.7 cm³/mol. The van der Waals surface area contributed by atoms with Crippen molar-refractivity contribution in [2.24, 2.45) is 0 Å². The maximum absolute atomic E-state index is 5.59. The number of ether oxygens (including phenoxy) is 2. The van der Waals surface area contributed by atoms with Crippen LogP contribution in [0.15, 0.2) is 24.3 Å². The Morgan fingerprint density at radius 2 is 2.31 bits per heavy atom. The van der Waals surface area contributed by atoms with E-state index in [0.717, 1.165) is 38.5 Å². The van der Waals surface area contributed by atoms with E-state index >= 15 is 0 Å². The number of nitrogens with one attached hydrogen (secondary N) is 1. The number of benzene rings is 1. The standard InChI is InChI=1S/C13H19NO2/c1-2-6-16-13-5-3-4-11(7-13)8-14-12-9-15-10-12/h3-5,7,12,14H,2,6,8-10H2,1H3. The van der Waals surface area contributed by atoms with Crippen molar-refractivity contribution in [1.82, 2.24) is 5.32 Å². The van der Waals surface area contributed by atoms with Crippen LogP contribution in [0.3, 0.4) is 0 Å². The average molecular weight is 221 g/mol. The topological polar surface area (TPSA) is 30.5 Å². The lowest BCUT2D eigenvalue weighted by molar-refractivity contribution is -0.00578. The first-order chi connectivity index (χ1) is 7.88. The Labute approximate surface area is 96.8 Å². The van der Waals surface area contributed by atoms with Gasteiger partial charge in [0.1, 0.15) is 5.75 Å². The van der Waals surface area contributed by atoms with Crippen LogP contribution in [0.4, 0.5) is 0 Å². The first kappa shape index (κ1) is 11.4. The van der Waals surface area contributed by atoms with E-state index in [1.807, 2.05) is 12.1 Å².